The number of hydrogen-bond acceptors (Lipinski definition) is 3. The minimum atomic E-state index is -0.00708. The standard InChI is InChI=1S/C12H18N2OS/c1-4-9-12(15)14(5-2)11(13-9)10-7-6-8(3)16-10/h6-7,9,11,13H,4-5H2,1-3H3. The van der Waals surface area contributed by atoms with Crippen molar-refractivity contribution < 1.29 is 4.79 Å². The van der Waals surface area contributed by atoms with Crippen LogP contribution in [0.15, 0.2) is 12.1 Å². The quantitative estimate of drug-likeness (QED) is 0.876. The Balaban J connectivity index is 2.24. The Bertz CT molecular complexity index is 388. The molecule has 1 amide bonds. The van der Waals surface area contributed by atoms with E-state index in [-0.39, 0.29) is 18.1 Å². The molecule has 88 valence electrons. The van der Waals surface area contributed by atoms with Crippen molar-refractivity contribution in [1.82, 2.24) is 10.2 Å². The van der Waals surface area contributed by atoms with Crippen LogP contribution in [0.3, 0.4) is 0 Å². The van der Waals surface area contributed by atoms with Gasteiger partial charge in [-0.25, -0.2) is 0 Å². The normalized spacial score (nSPS) is 25.4. The number of hydrogen-bond donors (Lipinski definition) is 1. The fourth-order valence-electron chi connectivity index (χ4n) is 2.15. The number of likely N-dealkylation sites (N-methyl/N-ethyl adjacent to an activating group) is 1. The molecular weight excluding hydrogens is 220 g/mol. The minimum absolute atomic E-state index is 0.00708. The van der Waals surface area contributed by atoms with E-state index < -0.39 is 0 Å². The molecule has 1 aromatic rings. The Labute approximate surface area is 100 Å². The van der Waals surface area contributed by atoms with Crippen LogP contribution in [0, 0.1) is 6.92 Å². The Hall–Kier alpha value is -0.870. The van der Waals surface area contributed by atoms with Crippen LogP contribution >= 0.6 is 11.3 Å². The van der Waals surface area contributed by atoms with E-state index in [1.54, 1.807) is 11.3 Å². The number of amides is 1. The Kier molecular flexibility index (Phi) is 3.30. The first-order valence-corrected chi connectivity index (χ1v) is 6.61. The van der Waals surface area contributed by atoms with Crippen LogP contribution in [-0.4, -0.2) is 23.4 Å². The summed E-state index contributed by atoms with van der Waals surface area (Å²) in [6.07, 6.45) is 0.942. The predicted molar refractivity (Wildman–Crippen MR) is 66.4 cm³/mol. The summed E-state index contributed by atoms with van der Waals surface area (Å²) in [6.45, 7) is 6.94. The lowest BCUT2D eigenvalue weighted by molar-refractivity contribution is -0.129. The molecule has 2 rings (SSSR count). The number of carbonyl (C=O) groups excluding carboxylic acids is 1. The highest BCUT2D eigenvalue weighted by molar-refractivity contribution is 7.12. The topological polar surface area (TPSA) is 32.3 Å². The fraction of sp³-hybridized carbons (Fsp3) is 0.583. The van der Waals surface area contributed by atoms with Gasteiger partial charge in [0.25, 0.3) is 0 Å². The van der Waals surface area contributed by atoms with Crippen LogP contribution in [0.4, 0.5) is 0 Å². The molecule has 0 aliphatic carbocycles. The fourth-order valence-corrected chi connectivity index (χ4v) is 3.10. The zero-order valence-electron chi connectivity index (χ0n) is 9.99. The second-order valence-corrected chi connectivity index (χ2v) is 5.42. The second kappa shape index (κ2) is 4.55. The maximum atomic E-state index is 12.0. The van der Waals surface area contributed by atoms with E-state index in [2.05, 4.69) is 24.4 Å². The summed E-state index contributed by atoms with van der Waals surface area (Å²) in [4.78, 5) is 16.5. The summed E-state index contributed by atoms with van der Waals surface area (Å²) in [5.74, 6) is 0.237. The van der Waals surface area contributed by atoms with Gasteiger partial charge in [0.15, 0.2) is 0 Å². The lowest BCUT2D eigenvalue weighted by Gasteiger charge is -2.21. The summed E-state index contributed by atoms with van der Waals surface area (Å²) < 4.78 is 0. The summed E-state index contributed by atoms with van der Waals surface area (Å²) in [5, 5.41) is 3.41. The summed E-state index contributed by atoms with van der Waals surface area (Å²) in [7, 11) is 0. The van der Waals surface area contributed by atoms with E-state index in [1.807, 2.05) is 18.7 Å². The molecule has 0 bridgehead atoms. The van der Waals surface area contributed by atoms with Crippen molar-refractivity contribution in [3.63, 3.8) is 0 Å². The van der Waals surface area contributed by atoms with E-state index in [0.717, 1.165) is 13.0 Å². The van der Waals surface area contributed by atoms with E-state index in [4.69, 9.17) is 0 Å². The van der Waals surface area contributed by atoms with Crippen molar-refractivity contribution in [3.05, 3.63) is 21.9 Å². The van der Waals surface area contributed by atoms with E-state index in [9.17, 15) is 4.79 Å². The monoisotopic (exact) mass is 238 g/mol. The average molecular weight is 238 g/mol. The number of rotatable bonds is 3. The molecular formula is C12H18N2OS. The third-order valence-electron chi connectivity index (χ3n) is 3.03. The van der Waals surface area contributed by atoms with E-state index in [1.165, 1.54) is 9.75 Å². The van der Waals surface area contributed by atoms with Crippen LogP contribution in [0.25, 0.3) is 0 Å². The van der Waals surface area contributed by atoms with Gasteiger partial charge >= 0.3 is 0 Å². The van der Waals surface area contributed by atoms with Crippen LogP contribution in [0.5, 0.6) is 0 Å². The van der Waals surface area contributed by atoms with Crippen molar-refractivity contribution in [3.8, 4) is 0 Å². The predicted octanol–water partition coefficient (Wildman–Crippen LogP) is 2.29. The molecule has 3 nitrogen and oxygen atoms in total. The molecule has 2 heterocycles. The SMILES string of the molecule is CCC1NC(c2ccc(C)s2)N(CC)C1=O. The van der Waals surface area contributed by atoms with E-state index >= 15 is 0 Å². The van der Waals surface area contributed by atoms with Crippen molar-refractivity contribution in [2.45, 2.75) is 39.4 Å². The third-order valence-corrected chi connectivity index (χ3v) is 4.08. The van der Waals surface area contributed by atoms with Gasteiger partial charge in [0.1, 0.15) is 6.17 Å². The second-order valence-electron chi connectivity index (χ2n) is 4.10. The Morgan fingerprint density at radius 1 is 1.44 bits per heavy atom. The highest BCUT2D eigenvalue weighted by Crippen LogP contribution is 2.30. The largest absolute Gasteiger partial charge is 0.321 e. The number of nitrogens with zero attached hydrogens (tertiary/aromatic N) is 1. The number of carbonyl (C=O) groups is 1. The lowest BCUT2D eigenvalue weighted by atomic mass is 10.2. The Morgan fingerprint density at radius 3 is 2.69 bits per heavy atom. The highest BCUT2D eigenvalue weighted by Gasteiger charge is 2.37. The van der Waals surface area contributed by atoms with Gasteiger partial charge in [-0.1, -0.05) is 6.92 Å². The lowest BCUT2D eigenvalue weighted by Crippen LogP contribution is -2.30. The molecule has 16 heavy (non-hydrogen) atoms. The molecule has 0 spiro atoms. The zero-order valence-corrected chi connectivity index (χ0v) is 10.8. The molecule has 1 aliphatic heterocycles. The van der Waals surface area contributed by atoms with Crippen molar-refractivity contribution in [2.24, 2.45) is 0 Å². The van der Waals surface area contributed by atoms with Gasteiger partial charge in [-0.05, 0) is 32.4 Å². The molecule has 4 heteroatoms. The maximum Gasteiger partial charge on any atom is 0.241 e. The number of nitrogens with one attached hydrogen (secondary N) is 1. The van der Waals surface area contributed by atoms with Gasteiger partial charge in [-0.2, -0.15) is 0 Å². The van der Waals surface area contributed by atoms with E-state index in [0.29, 0.717) is 0 Å². The number of thiophene rings is 1. The molecule has 0 aromatic carbocycles. The van der Waals surface area contributed by atoms with Crippen LogP contribution in [-0.2, 0) is 4.79 Å². The summed E-state index contributed by atoms with van der Waals surface area (Å²) in [6, 6.07) is 4.22. The third kappa shape index (κ3) is 1.87. The highest BCUT2D eigenvalue weighted by atomic mass is 32.1. The molecule has 1 N–H and O–H groups in total. The van der Waals surface area contributed by atoms with Crippen LogP contribution in [0.2, 0.25) is 0 Å². The van der Waals surface area contributed by atoms with Gasteiger partial charge in [-0.3, -0.25) is 10.1 Å². The molecule has 1 aliphatic rings. The summed E-state index contributed by atoms with van der Waals surface area (Å²) in [5.41, 5.74) is 0. The molecule has 1 saturated heterocycles. The first-order chi connectivity index (χ1) is 7.67. The van der Waals surface area contributed by atoms with Gasteiger partial charge in [-0.15, -0.1) is 11.3 Å². The first-order valence-electron chi connectivity index (χ1n) is 5.80. The Morgan fingerprint density at radius 2 is 2.19 bits per heavy atom. The first kappa shape index (κ1) is 11.6. The van der Waals surface area contributed by atoms with Gasteiger partial charge < -0.3 is 4.90 Å². The van der Waals surface area contributed by atoms with Crippen molar-refractivity contribution in [2.75, 3.05) is 6.54 Å². The maximum absolute atomic E-state index is 12.0. The van der Waals surface area contributed by atoms with Gasteiger partial charge in [0.2, 0.25) is 5.91 Å². The molecule has 0 saturated carbocycles. The van der Waals surface area contributed by atoms with Crippen molar-refractivity contribution >= 4 is 17.2 Å². The zero-order chi connectivity index (χ0) is 11.7. The molecule has 2 atom stereocenters. The van der Waals surface area contributed by atoms with Crippen molar-refractivity contribution in [1.29, 1.82) is 0 Å². The van der Waals surface area contributed by atoms with Crippen LogP contribution < -0.4 is 5.32 Å². The van der Waals surface area contributed by atoms with Gasteiger partial charge in [0, 0.05) is 16.3 Å². The average Bonchev–Trinajstić information content (AvgIpc) is 2.82. The molecule has 1 aromatic heterocycles. The number of aryl methyl sites for hydroxylation is 1. The molecule has 0 radical (unpaired) electrons. The summed E-state index contributed by atoms with van der Waals surface area (Å²) >= 11 is 1.76. The van der Waals surface area contributed by atoms with Gasteiger partial charge in [0.05, 0.1) is 6.04 Å². The smallest absolute Gasteiger partial charge is 0.241 e. The minimum Gasteiger partial charge on any atom is -0.321 e. The molecule has 2 unspecified atom stereocenters. The van der Waals surface area contributed by atoms with Crippen LogP contribution in [0.1, 0.15) is 36.2 Å². The molecule has 1 fully saturated rings.